The third kappa shape index (κ3) is 3.24. The Bertz CT molecular complexity index is 347. The molecular formula is C14H21BrO. The first-order valence-corrected chi connectivity index (χ1v) is 7.02. The quantitative estimate of drug-likeness (QED) is 0.719. The molecule has 0 spiro atoms. The van der Waals surface area contributed by atoms with Gasteiger partial charge in [-0.15, -0.1) is 0 Å². The zero-order chi connectivity index (χ0) is 12.1. The van der Waals surface area contributed by atoms with Crippen LogP contribution in [-0.4, -0.2) is 11.9 Å². The minimum absolute atomic E-state index is 0.605. The van der Waals surface area contributed by atoms with E-state index in [0.29, 0.717) is 5.92 Å². The van der Waals surface area contributed by atoms with Crippen molar-refractivity contribution in [3.8, 4) is 5.75 Å². The van der Waals surface area contributed by atoms with Crippen LogP contribution in [0.2, 0.25) is 0 Å². The van der Waals surface area contributed by atoms with Gasteiger partial charge in [0.15, 0.2) is 0 Å². The molecule has 0 aliphatic heterocycles. The molecule has 1 aromatic rings. The highest BCUT2D eigenvalue weighted by Crippen LogP contribution is 2.29. The topological polar surface area (TPSA) is 9.23 Å². The summed E-state index contributed by atoms with van der Waals surface area (Å²) >= 11 is 3.50. The van der Waals surface area contributed by atoms with Gasteiger partial charge in [0.25, 0.3) is 0 Å². The van der Waals surface area contributed by atoms with Crippen LogP contribution < -0.4 is 4.74 Å². The standard InChI is InChI=1S/C14H21BrO/c1-5-16-14-9-11(3)13(8-12(14)4)10(2)6-7-15/h8-10H,5-7H2,1-4H3. The Kier molecular flexibility index (Phi) is 5.33. The molecule has 1 unspecified atom stereocenters. The van der Waals surface area contributed by atoms with Crippen LogP contribution in [0.15, 0.2) is 12.1 Å². The molecule has 90 valence electrons. The summed E-state index contributed by atoms with van der Waals surface area (Å²) in [5.41, 5.74) is 4.02. The molecular weight excluding hydrogens is 264 g/mol. The van der Waals surface area contributed by atoms with Gasteiger partial charge in [0.1, 0.15) is 5.75 Å². The minimum atomic E-state index is 0.605. The number of alkyl halides is 1. The fourth-order valence-electron chi connectivity index (χ4n) is 1.97. The van der Waals surface area contributed by atoms with Gasteiger partial charge in [0, 0.05) is 5.33 Å². The van der Waals surface area contributed by atoms with Gasteiger partial charge in [0.05, 0.1) is 6.61 Å². The Hall–Kier alpha value is -0.500. The average molecular weight is 285 g/mol. The Labute approximate surface area is 107 Å². The van der Waals surface area contributed by atoms with Crippen LogP contribution in [0.5, 0.6) is 5.75 Å². The molecule has 0 saturated heterocycles. The van der Waals surface area contributed by atoms with Gasteiger partial charge in [-0.05, 0) is 55.9 Å². The highest BCUT2D eigenvalue weighted by molar-refractivity contribution is 9.09. The monoisotopic (exact) mass is 284 g/mol. The van der Waals surface area contributed by atoms with Crippen LogP contribution in [0.3, 0.4) is 0 Å². The molecule has 0 aliphatic rings. The minimum Gasteiger partial charge on any atom is -0.494 e. The van der Waals surface area contributed by atoms with Crippen molar-refractivity contribution in [2.45, 2.75) is 40.0 Å². The Morgan fingerprint density at radius 2 is 1.94 bits per heavy atom. The predicted molar refractivity (Wildman–Crippen MR) is 73.9 cm³/mol. The van der Waals surface area contributed by atoms with Crippen LogP contribution in [0.4, 0.5) is 0 Å². The molecule has 0 amide bonds. The van der Waals surface area contributed by atoms with E-state index in [-0.39, 0.29) is 0 Å². The van der Waals surface area contributed by atoms with Crippen LogP contribution in [0.1, 0.15) is 42.9 Å². The van der Waals surface area contributed by atoms with Crippen molar-refractivity contribution >= 4 is 15.9 Å². The Balaban J connectivity index is 3.00. The van der Waals surface area contributed by atoms with Crippen LogP contribution in [0.25, 0.3) is 0 Å². The van der Waals surface area contributed by atoms with Gasteiger partial charge in [-0.3, -0.25) is 0 Å². The lowest BCUT2D eigenvalue weighted by molar-refractivity contribution is 0.337. The highest BCUT2D eigenvalue weighted by Gasteiger charge is 2.11. The zero-order valence-corrected chi connectivity index (χ0v) is 12.2. The predicted octanol–water partition coefficient (Wildman–Crippen LogP) is 4.59. The zero-order valence-electron chi connectivity index (χ0n) is 10.6. The van der Waals surface area contributed by atoms with Crippen molar-refractivity contribution in [1.82, 2.24) is 0 Å². The van der Waals surface area contributed by atoms with Gasteiger partial charge >= 0.3 is 0 Å². The summed E-state index contributed by atoms with van der Waals surface area (Å²) in [5.74, 6) is 1.63. The van der Waals surface area contributed by atoms with E-state index in [1.807, 2.05) is 6.92 Å². The van der Waals surface area contributed by atoms with E-state index in [1.54, 1.807) is 0 Å². The van der Waals surface area contributed by atoms with Crippen LogP contribution in [-0.2, 0) is 0 Å². The summed E-state index contributed by atoms with van der Waals surface area (Å²) in [7, 11) is 0. The van der Waals surface area contributed by atoms with E-state index < -0.39 is 0 Å². The van der Waals surface area contributed by atoms with E-state index in [2.05, 4.69) is 48.8 Å². The molecule has 1 nitrogen and oxygen atoms in total. The van der Waals surface area contributed by atoms with Gasteiger partial charge in [-0.1, -0.05) is 28.9 Å². The van der Waals surface area contributed by atoms with Crippen molar-refractivity contribution in [3.05, 3.63) is 28.8 Å². The van der Waals surface area contributed by atoms with Crippen molar-refractivity contribution in [3.63, 3.8) is 0 Å². The first kappa shape index (κ1) is 13.6. The van der Waals surface area contributed by atoms with Crippen molar-refractivity contribution in [2.24, 2.45) is 0 Å². The molecule has 2 heteroatoms. The van der Waals surface area contributed by atoms with E-state index in [1.165, 1.54) is 23.1 Å². The maximum absolute atomic E-state index is 5.60. The summed E-state index contributed by atoms with van der Waals surface area (Å²) in [6, 6.07) is 4.44. The summed E-state index contributed by atoms with van der Waals surface area (Å²) in [6.07, 6.45) is 1.17. The van der Waals surface area contributed by atoms with E-state index in [0.717, 1.165) is 17.7 Å². The molecule has 0 aromatic heterocycles. The normalized spacial score (nSPS) is 12.6. The molecule has 1 rings (SSSR count). The molecule has 0 bridgehead atoms. The van der Waals surface area contributed by atoms with E-state index >= 15 is 0 Å². The van der Waals surface area contributed by atoms with E-state index in [9.17, 15) is 0 Å². The van der Waals surface area contributed by atoms with E-state index in [4.69, 9.17) is 4.74 Å². The van der Waals surface area contributed by atoms with Gasteiger partial charge in [-0.25, -0.2) is 0 Å². The fraction of sp³-hybridized carbons (Fsp3) is 0.571. The second kappa shape index (κ2) is 6.29. The number of aryl methyl sites for hydroxylation is 2. The lowest BCUT2D eigenvalue weighted by Crippen LogP contribution is -2.01. The molecule has 1 atom stereocenters. The van der Waals surface area contributed by atoms with Crippen molar-refractivity contribution < 1.29 is 4.74 Å². The average Bonchev–Trinajstić information content (AvgIpc) is 2.23. The van der Waals surface area contributed by atoms with Crippen LogP contribution in [0, 0.1) is 13.8 Å². The molecule has 0 saturated carbocycles. The molecule has 0 N–H and O–H groups in total. The summed E-state index contributed by atoms with van der Waals surface area (Å²) in [6.45, 7) is 9.33. The third-order valence-corrected chi connectivity index (χ3v) is 3.39. The van der Waals surface area contributed by atoms with Crippen molar-refractivity contribution in [2.75, 3.05) is 11.9 Å². The maximum atomic E-state index is 5.60. The number of benzene rings is 1. The summed E-state index contributed by atoms with van der Waals surface area (Å²) in [4.78, 5) is 0. The lowest BCUT2D eigenvalue weighted by atomic mass is 9.92. The first-order valence-electron chi connectivity index (χ1n) is 5.90. The number of hydrogen-bond donors (Lipinski definition) is 0. The number of halogens is 1. The largest absolute Gasteiger partial charge is 0.494 e. The third-order valence-electron chi connectivity index (χ3n) is 2.94. The molecule has 0 radical (unpaired) electrons. The Morgan fingerprint density at radius 3 is 2.50 bits per heavy atom. The van der Waals surface area contributed by atoms with Crippen LogP contribution >= 0.6 is 15.9 Å². The van der Waals surface area contributed by atoms with Gasteiger partial charge in [-0.2, -0.15) is 0 Å². The summed E-state index contributed by atoms with van der Waals surface area (Å²) < 4.78 is 5.60. The second-order valence-electron chi connectivity index (χ2n) is 4.29. The van der Waals surface area contributed by atoms with Gasteiger partial charge in [0.2, 0.25) is 0 Å². The molecule has 0 fully saturated rings. The number of rotatable bonds is 5. The SMILES string of the molecule is CCOc1cc(C)c(C(C)CCBr)cc1C. The fourth-order valence-corrected chi connectivity index (χ4v) is 2.66. The lowest BCUT2D eigenvalue weighted by Gasteiger charge is -2.17. The molecule has 16 heavy (non-hydrogen) atoms. The highest BCUT2D eigenvalue weighted by atomic mass is 79.9. The number of hydrogen-bond acceptors (Lipinski definition) is 1. The smallest absolute Gasteiger partial charge is 0.122 e. The second-order valence-corrected chi connectivity index (χ2v) is 5.08. The first-order chi connectivity index (χ1) is 7.60. The maximum Gasteiger partial charge on any atom is 0.122 e. The molecule has 0 aliphatic carbocycles. The molecule has 1 aromatic carbocycles. The van der Waals surface area contributed by atoms with Gasteiger partial charge < -0.3 is 4.74 Å². The Morgan fingerprint density at radius 1 is 1.25 bits per heavy atom. The summed E-state index contributed by atoms with van der Waals surface area (Å²) in [5, 5.41) is 1.06. The number of ether oxygens (including phenoxy) is 1. The molecule has 0 heterocycles. The van der Waals surface area contributed by atoms with Crippen molar-refractivity contribution in [1.29, 1.82) is 0 Å².